The Labute approximate surface area is 78.2 Å². The summed E-state index contributed by atoms with van der Waals surface area (Å²) in [6.07, 6.45) is 3.05. The van der Waals surface area contributed by atoms with Crippen molar-refractivity contribution in [3.8, 4) is 0 Å². The summed E-state index contributed by atoms with van der Waals surface area (Å²) < 4.78 is 0. The van der Waals surface area contributed by atoms with E-state index in [4.69, 9.17) is 5.11 Å². The molecule has 0 saturated heterocycles. The van der Waals surface area contributed by atoms with E-state index in [0.717, 1.165) is 12.1 Å². The fraction of sp³-hybridized carbons (Fsp3) is 0.444. The van der Waals surface area contributed by atoms with Crippen LogP contribution in [0.5, 0.6) is 0 Å². The van der Waals surface area contributed by atoms with E-state index in [1.165, 1.54) is 5.20 Å². The van der Waals surface area contributed by atoms with Gasteiger partial charge in [0.05, 0.1) is 0 Å². The van der Waals surface area contributed by atoms with E-state index in [2.05, 4.69) is 18.4 Å². The highest BCUT2D eigenvalue weighted by Crippen LogP contribution is 2.51. The van der Waals surface area contributed by atoms with Gasteiger partial charge in [-0.05, 0) is 11.6 Å². The third kappa shape index (κ3) is 1.17. The lowest BCUT2D eigenvalue weighted by Crippen LogP contribution is -2.28. The fourth-order valence-electron chi connectivity index (χ4n) is 2.01. The van der Waals surface area contributed by atoms with Crippen LogP contribution in [0.2, 0.25) is 13.1 Å². The first-order valence-electron chi connectivity index (χ1n) is 4.42. The molecule has 0 bridgehead atoms. The van der Waals surface area contributed by atoms with Crippen molar-refractivity contribution in [1.82, 2.24) is 5.32 Å². The number of hydrogen-bond acceptors (Lipinski definition) is 2. The van der Waals surface area contributed by atoms with E-state index >= 15 is 0 Å². The van der Waals surface area contributed by atoms with E-state index in [-0.39, 0.29) is 5.91 Å². The van der Waals surface area contributed by atoms with Gasteiger partial charge in [-0.3, -0.25) is 4.79 Å². The first-order chi connectivity index (χ1) is 6.07. The molecule has 13 heavy (non-hydrogen) atoms. The highest BCUT2D eigenvalue weighted by Gasteiger charge is 2.50. The van der Waals surface area contributed by atoms with Gasteiger partial charge in [0.15, 0.2) is 0 Å². The lowest BCUT2D eigenvalue weighted by molar-refractivity contribution is -0.123. The first-order valence-corrected chi connectivity index (χ1v) is 7.42. The number of amides is 1. The maximum atomic E-state index is 10.9. The van der Waals surface area contributed by atoms with Gasteiger partial charge in [0.2, 0.25) is 5.91 Å². The molecule has 70 valence electrons. The zero-order valence-corrected chi connectivity index (χ0v) is 8.85. The number of hydrogen-bond donors (Lipinski definition) is 2. The van der Waals surface area contributed by atoms with Gasteiger partial charge in [-0.15, -0.1) is 0 Å². The van der Waals surface area contributed by atoms with Crippen molar-refractivity contribution in [2.24, 2.45) is 0 Å². The van der Waals surface area contributed by atoms with Crippen LogP contribution in [0.3, 0.4) is 0 Å². The minimum atomic E-state index is -1.18. The van der Waals surface area contributed by atoms with Crippen LogP contribution in [0.1, 0.15) is 6.42 Å². The predicted molar refractivity (Wildman–Crippen MR) is 52.4 cm³/mol. The third-order valence-corrected chi connectivity index (χ3v) is 6.35. The number of allylic oxidation sites excluding steroid dienone is 3. The summed E-state index contributed by atoms with van der Waals surface area (Å²) in [5.74, 6) is -0.309. The molecule has 4 heteroatoms. The third-order valence-electron chi connectivity index (χ3n) is 2.82. The van der Waals surface area contributed by atoms with Gasteiger partial charge in [-0.1, -0.05) is 24.4 Å². The van der Waals surface area contributed by atoms with Crippen LogP contribution in [-0.2, 0) is 4.79 Å². The molecule has 1 amide bonds. The second kappa shape index (κ2) is 2.56. The smallest absolute Gasteiger partial charge is 0.250 e. The van der Waals surface area contributed by atoms with Crippen molar-refractivity contribution < 1.29 is 9.90 Å². The maximum absolute atomic E-state index is 10.9. The summed E-state index contributed by atoms with van der Waals surface area (Å²) in [6, 6.07) is 0. The van der Waals surface area contributed by atoms with Crippen LogP contribution in [0.4, 0.5) is 0 Å². The number of aliphatic hydroxyl groups excluding tert-OH is 1. The van der Waals surface area contributed by atoms with Crippen LogP contribution in [0.25, 0.3) is 0 Å². The standard InChI is InChI=1S/C9H13NO2Si/c1-13(2)7-4-3-6(9(7)13)10-8(12)5-11/h3,11H,4-5H2,1-2H3,(H,10,12). The summed E-state index contributed by atoms with van der Waals surface area (Å²) in [4.78, 5) is 10.9. The molecular weight excluding hydrogens is 182 g/mol. The van der Waals surface area contributed by atoms with Crippen LogP contribution in [-0.4, -0.2) is 25.7 Å². The molecule has 0 fully saturated rings. The molecule has 1 heterocycles. The van der Waals surface area contributed by atoms with E-state index in [1.807, 2.05) is 6.08 Å². The quantitative estimate of drug-likeness (QED) is 0.630. The second-order valence-corrected chi connectivity index (χ2v) is 8.36. The summed E-state index contributed by atoms with van der Waals surface area (Å²) in [7, 11) is -1.18. The van der Waals surface area contributed by atoms with E-state index in [9.17, 15) is 4.79 Å². The first kappa shape index (κ1) is 8.71. The van der Waals surface area contributed by atoms with Crippen LogP contribution in [0.15, 0.2) is 22.2 Å². The highest BCUT2D eigenvalue weighted by atomic mass is 28.3. The monoisotopic (exact) mass is 195 g/mol. The fourth-order valence-corrected chi connectivity index (χ4v) is 5.54. The second-order valence-electron chi connectivity index (χ2n) is 4.01. The molecule has 0 saturated carbocycles. The summed E-state index contributed by atoms with van der Waals surface area (Å²) in [5.41, 5.74) is 0.964. The van der Waals surface area contributed by atoms with Gasteiger partial charge in [0, 0.05) is 5.70 Å². The zero-order valence-electron chi connectivity index (χ0n) is 7.85. The molecule has 2 aliphatic rings. The average Bonchev–Trinajstić information content (AvgIpc) is 2.48. The molecule has 0 unspecified atom stereocenters. The molecule has 0 radical (unpaired) electrons. The van der Waals surface area contributed by atoms with Gasteiger partial charge >= 0.3 is 0 Å². The number of carbonyl (C=O) groups is 1. The normalized spacial score (nSPS) is 22.5. The number of aliphatic hydroxyl groups is 1. The molecule has 1 aliphatic carbocycles. The Morgan fingerprint density at radius 1 is 1.69 bits per heavy atom. The molecule has 1 aliphatic heterocycles. The van der Waals surface area contributed by atoms with Crippen LogP contribution in [0, 0.1) is 0 Å². The minimum absolute atomic E-state index is 0.309. The van der Waals surface area contributed by atoms with Gasteiger partial charge in [-0.2, -0.15) is 0 Å². The Kier molecular flexibility index (Phi) is 1.71. The Bertz CT molecular complexity index is 342. The predicted octanol–water partition coefficient (Wildman–Crippen LogP) is 0.479. The number of nitrogens with one attached hydrogen (secondary N) is 1. The molecule has 3 nitrogen and oxygen atoms in total. The number of carbonyl (C=O) groups excluding carboxylic acids is 1. The van der Waals surface area contributed by atoms with Gasteiger partial charge in [-0.25, -0.2) is 0 Å². The minimum Gasteiger partial charge on any atom is -0.387 e. The summed E-state index contributed by atoms with van der Waals surface area (Å²) >= 11 is 0. The summed E-state index contributed by atoms with van der Waals surface area (Å²) in [6.45, 7) is 4.15. The van der Waals surface area contributed by atoms with Gasteiger partial charge < -0.3 is 10.4 Å². The molecule has 2 N–H and O–H groups in total. The zero-order chi connectivity index (χ0) is 9.64. The van der Waals surface area contributed by atoms with Crippen molar-refractivity contribution in [3.05, 3.63) is 22.2 Å². The van der Waals surface area contributed by atoms with Crippen molar-refractivity contribution in [2.75, 3.05) is 6.61 Å². The Morgan fingerprint density at radius 3 is 2.85 bits per heavy atom. The molecule has 2 rings (SSSR count). The molecule has 0 aromatic carbocycles. The van der Waals surface area contributed by atoms with Gasteiger partial charge in [0.1, 0.15) is 14.7 Å². The molecular formula is C9H13NO2Si. The molecule has 0 aromatic rings. The van der Waals surface area contributed by atoms with E-state index in [0.29, 0.717) is 0 Å². The lowest BCUT2D eigenvalue weighted by Gasteiger charge is -2.11. The Hall–Kier alpha value is -0.873. The Balaban J connectivity index is 2.05. The molecule has 0 spiro atoms. The largest absolute Gasteiger partial charge is 0.387 e. The topological polar surface area (TPSA) is 49.3 Å². The summed E-state index contributed by atoms with van der Waals surface area (Å²) in [5, 5.41) is 14.3. The van der Waals surface area contributed by atoms with Crippen molar-refractivity contribution >= 4 is 14.0 Å². The van der Waals surface area contributed by atoms with Crippen LogP contribution >= 0.6 is 0 Å². The SMILES string of the molecule is C[Si]1(C)C2=C1C(NC(=O)CO)=CC2. The van der Waals surface area contributed by atoms with E-state index < -0.39 is 14.7 Å². The van der Waals surface area contributed by atoms with Crippen molar-refractivity contribution in [3.63, 3.8) is 0 Å². The van der Waals surface area contributed by atoms with Gasteiger partial charge in [0.25, 0.3) is 0 Å². The van der Waals surface area contributed by atoms with E-state index in [1.54, 1.807) is 5.20 Å². The van der Waals surface area contributed by atoms with Crippen molar-refractivity contribution in [1.29, 1.82) is 0 Å². The van der Waals surface area contributed by atoms with Crippen molar-refractivity contribution in [2.45, 2.75) is 19.5 Å². The highest BCUT2D eigenvalue weighted by molar-refractivity contribution is 7.02. The molecule has 0 atom stereocenters. The molecule has 0 aromatic heterocycles. The maximum Gasteiger partial charge on any atom is 0.250 e. The Morgan fingerprint density at radius 2 is 2.38 bits per heavy atom. The lowest BCUT2D eigenvalue weighted by atomic mass is 10.4. The number of rotatable bonds is 2. The average molecular weight is 195 g/mol. The van der Waals surface area contributed by atoms with Crippen LogP contribution < -0.4 is 5.32 Å².